The molecule has 0 N–H and O–H groups in total. The molecule has 206 valence electrons. The summed E-state index contributed by atoms with van der Waals surface area (Å²) in [5.74, 6) is -0.334. The van der Waals surface area contributed by atoms with Gasteiger partial charge in [0.25, 0.3) is 5.91 Å². The molecule has 5 rings (SSSR count). The molecule has 2 aliphatic rings. The van der Waals surface area contributed by atoms with Gasteiger partial charge >= 0.3 is 12.4 Å². The van der Waals surface area contributed by atoms with Crippen LogP contribution in [-0.2, 0) is 23.7 Å². The number of aliphatic imine (C=N–C) groups is 1. The minimum atomic E-state index is -4.97. The van der Waals surface area contributed by atoms with E-state index in [1.54, 1.807) is 24.3 Å². The average molecular weight is 568 g/mol. The number of amides is 1. The Bertz CT molecular complexity index is 1490. The van der Waals surface area contributed by atoms with Crippen molar-refractivity contribution in [3.8, 4) is 0 Å². The number of alkyl halides is 6. The van der Waals surface area contributed by atoms with Crippen LogP contribution in [0.5, 0.6) is 0 Å². The fourth-order valence-electron chi connectivity index (χ4n) is 4.73. The maximum absolute atomic E-state index is 13.6. The molecule has 0 spiro atoms. The van der Waals surface area contributed by atoms with Gasteiger partial charge in [-0.1, -0.05) is 12.1 Å². The molecule has 3 heterocycles. The van der Waals surface area contributed by atoms with Crippen molar-refractivity contribution in [2.45, 2.75) is 31.9 Å². The first-order valence-electron chi connectivity index (χ1n) is 12.0. The van der Waals surface area contributed by atoms with E-state index in [0.717, 1.165) is 25.7 Å². The van der Waals surface area contributed by atoms with E-state index in [0.29, 0.717) is 32.6 Å². The molecule has 13 heteroatoms. The molecule has 2 aromatic carbocycles. The summed E-state index contributed by atoms with van der Waals surface area (Å²) in [6.45, 7) is 4.22. The van der Waals surface area contributed by atoms with Gasteiger partial charge in [-0.2, -0.15) is 36.4 Å². The summed E-state index contributed by atoms with van der Waals surface area (Å²) in [6, 6.07) is 6.91. The summed E-state index contributed by atoms with van der Waals surface area (Å²) in [7, 11) is 2.05. The number of benzene rings is 2. The van der Waals surface area contributed by atoms with Crippen molar-refractivity contribution >= 4 is 39.8 Å². The lowest BCUT2D eigenvalue weighted by Gasteiger charge is -2.38. The molecule has 1 atom stereocenters. The molecule has 39 heavy (non-hydrogen) atoms. The van der Waals surface area contributed by atoms with Crippen molar-refractivity contribution in [2.24, 2.45) is 4.99 Å². The number of nitrogens with zero attached hydrogens (tertiary/aromatic N) is 5. The standard InChI is InChI=1S/C26H23F6N5OS/c1-15-13-35(2)7-8-36(15)24-34-23(38)22(39-24)10-16-3-6-21-18(9-16)12-33-37(21)14-17-4-5-19(25(27,28)29)11-20(17)26(30,31)32/h3-6,9-12,15H,7-8,13-14H2,1-2H3/t15-/m1/s1. The first kappa shape index (κ1) is 27.3. The third-order valence-corrected chi connectivity index (χ3v) is 7.73. The number of carbonyl (C=O) groups is 1. The number of piperazine rings is 1. The summed E-state index contributed by atoms with van der Waals surface area (Å²) in [5, 5.41) is 5.43. The summed E-state index contributed by atoms with van der Waals surface area (Å²) in [6.07, 6.45) is -6.69. The monoisotopic (exact) mass is 567 g/mol. The van der Waals surface area contributed by atoms with Crippen LogP contribution in [0.15, 0.2) is 52.5 Å². The number of thioether (sulfide) groups is 1. The molecule has 0 bridgehead atoms. The minimum Gasteiger partial charge on any atom is -0.346 e. The lowest BCUT2D eigenvalue weighted by Crippen LogP contribution is -2.51. The molecule has 0 unspecified atom stereocenters. The van der Waals surface area contributed by atoms with Crippen molar-refractivity contribution in [3.63, 3.8) is 0 Å². The van der Waals surface area contributed by atoms with E-state index in [9.17, 15) is 31.1 Å². The van der Waals surface area contributed by atoms with Crippen LogP contribution in [-0.4, -0.2) is 63.4 Å². The number of carbonyl (C=O) groups excluding carboxylic acids is 1. The highest BCUT2D eigenvalue weighted by Gasteiger charge is 2.38. The molecule has 1 fully saturated rings. The highest BCUT2D eigenvalue weighted by Crippen LogP contribution is 2.38. The molecule has 0 aliphatic carbocycles. The topological polar surface area (TPSA) is 53.7 Å². The average Bonchev–Trinajstić information content (AvgIpc) is 3.40. The highest BCUT2D eigenvalue weighted by atomic mass is 32.2. The Morgan fingerprint density at radius 3 is 2.51 bits per heavy atom. The smallest absolute Gasteiger partial charge is 0.346 e. The highest BCUT2D eigenvalue weighted by molar-refractivity contribution is 8.18. The molecule has 0 saturated carbocycles. The largest absolute Gasteiger partial charge is 0.416 e. The van der Waals surface area contributed by atoms with Crippen molar-refractivity contribution in [1.82, 2.24) is 19.6 Å². The van der Waals surface area contributed by atoms with Crippen LogP contribution in [0.25, 0.3) is 17.0 Å². The number of halogens is 6. The van der Waals surface area contributed by atoms with E-state index in [1.807, 2.05) is 7.05 Å². The first-order valence-corrected chi connectivity index (χ1v) is 12.8. The van der Waals surface area contributed by atoms with Gasteiger partial charge in [-0.15, -0.1) is 0 Å². The fraction of sp³-hybridized carbons (Fsp3) is 0.346. The van der Waals surface area contributed by atoms with Crippen LogP contribution in [0.3, 0.4) is 0 Å². The number of likely N-dealkylation sites (N-methyl/N-ethyl adjacent to an activating group) is 1. The predicted octanol–water partition coefficient (Wildman–Crippen LogP) is 5.73. The quantitative estimate of drug-likeness (QED) is 0.299. The SMILES string of the molecule is C[C@@H]1CN(C)CCN1C1=NC(=O)C(=Cc2ccc3c(cnn3Cc3ccc(C(F)(F)F)cc3C(F)(F)F)c2)S1. The summed E-state index contributed by atoms with van der Waals surface area (Å²) in [5.41, 5.74) is -1.87. The Balaban J connectivity index is 1.37. The van der Waals surface area contributed by atoms with E-state index in [4.69, 9.17) is 0 Å². The number of amidine groups is 1. The summed E-state index contributed by atoms with van der Waals surface area (Å²) in [4.78, 5) is 21.6. The van der Waals surface area contributed by atoms with Gasteiger partial charge in [0.15, 0.2) is 5.17 Å². The lowest BCUT2D eigenvalue weighted by atomic mass is 10.0. The minimum absolute atomic E-state index is 0.126. The van der Waals surface area contributed by atoms with Crippen LogP contribution in [0.2, 0.25) is 0 Å². The van der Waals surface area contributed by atoms with Crippen LogP contribution in [0.4, 0.5) is 26.3 Å². The van der Waals surface area contributed by atoms with Gasteiger partial charge in [0.1, 0.15) is 0 Å². The van der Waals surface area contributed by atoms with E-state index < -0.39 is 23.5 Å². The number of hydrogen-bond donors (Lipinski definition) is 0. The van der Waals surface area contributed by atoms with Crippen molar-refractivity contribution in [1.29, 1.82) is 0 Å². The normalized spacial score (nSPS) is 20.4. The Kier molecular flexibility index (Phi) is 7.00. The molecular weight excluding hydrogens is 544 g/mol. The van der Waals surface area contributed by atoms with Gasteiger partial charge < -0.3 is 9.80 Å². The van der Waals surface area contributed by atoms with Crippen LogP contribution >= 0.6 is 11.8 Å². The second-order valence-corrected chi connectivity index (χ2v) is 10.6. The molecule has 1 amide bonds. The fourth-order valence-corrected chi connectivity index (χ4v) is 5.78. The molecule has 1 saturated heterocycles. The summed E-state index contributed by atoms with van der Waals surface area (Å²) < 4.78 is 81.0. The number of hydrogen-bond acceptors (Lipinski definition) is 5. The molecule has 2 aliphatic heterocycles. The second kappa shape index (κ2) is 10.0. The molecule has 3 aromatic rings. The molecular formula is C26H23F6N5OS. The molecule has 0 radical (unpaired) electrons. The Morgan fingerprint density at radius 1 is 1.05 bits per heavy atom. The van der Waals surface area contributed by atoms with E-state index in [-0.39, 0.29) is 30.1 Å². The zero-order chi connectivity index (χ0) is 28.1. The third-order valence-electron chi connectivity index (χ3n) is 6.71. The van der Waals surface area contributed by atoms with E-state index >= 15 is 0 Å². The Morgan fingerprint density at radius 2 is 1.82 bits per heavy atom. The maximum atomic E-state index is 13.6. The van der Waals surface area contributed by atoms with E-state index in [2.05, 4.69) is 26.8 Å². The number of aromatic nitrogens is 2. The van der Waals surface area contributed by atoms with E-state index in [1.165, 1.54) is 22.6 Å². The number of fused-ring (bicyclic) bond motifs is 1. The van der Waals surface area contributed by atoms with Gasteiger partial charge in [-0.25, -0.2) is 0 Å². The van der Waals surface area contributed by atoms with Crippen molar-refractivity contribution < 1.29 is 31.1 Å². The second-order valence-electron chi connectivity index (χ2n) is 9.60. The number of rotatable bonds is 3. The third kappa shape index (κ3) is 5.69. The summed E-state index contributed by atoms with van der Waals surface area (Å²) >= 11 is 1.31. The Labute approximate surface area is 224 Å². The van der Waals surface area contributed by atoms with Crippen LogP contribution < -0.4 is 0 Å². The van der Waals surface area contributed by atoms with Gasteiger partial charge in [0.05, 0.1) is 34.3 Å². The van der Waals surface area contributed by atoms with Crippen molar-refractivity contribution in [3.05, 3.63) is 69.8 Å². The maximum Gasteiger partial charge on any atom is 0.416 e. The lowest BCUT2D eigenvalue weighted by molar-refractivity contribution is -0.143. The first-order chi connectivity index (χ1) is 18.3. The Hall–Kier alpha value is -3.32. The predicted molar refractivity (Wildman–Crippen MR) is 137 cm³/mol. The van der Waals surface area contributed by atoms with Gasteiger partial charge in [-0.3, -0.25) is 9.48 Å². The van der Waals surface area contributed by atoms with Gasteiger partial charge in [-0.05, 0) is 67.2 Å². The van der Waals surface area contributed by atoms with Gasteiger partial charge in [0.2, 0.25) is 0 Å². The van der Waals surface area contributed by atoms with Crippen LogP contribution in [0, 0.1) is 0 Å². The zero-order valence-electron chi connectivity index (χ0n) is 20.8. The van der Waals surface area contributed by atoms with Crippen LogP contribution in [0.1, 0.15) is 29.2 Å². The van der Waals surface area contributed by atoms with Crippen molar-refractivity contribution in [2.75, 3.05) is 26.7 Å². The molecule has 6 nitrogen and oxygen atoms in total. The van der Waals surface area contributed by atoms with Gasteiger partial charge in [0, 0.05) is 31.1 Å². The zero-order valence-corrected chi connectivity index (χ0v) is 21.7. The molecule has 1 aromatic heterocycles.